The van der Waals surface area contributed by atoms with Crippen molar-refractivity contribution in [3.63, 3.8) is 0 Å². The molecule has 174 valence electrons. The maximum absolute atomic E-state index is 12.7. The third-order valence-electron chi connectivity index (χ3n) is 5.09. The molecule has 0 saturated carbocycles. The fourth-order valence-electron chi connectivity index (χ4n) is 3.33. The Hall–Kier alpha value is -3.40. The summed E-state index contributed by atoms with van der Waals surface area (Å²) in [7, 11) is 2.87. The van der Waals surface area contributed by atoms with Crippen LogP contribution in [0.1, 0.15) is 28.4 Å². The van der Waals surface area contributed by atoms with Crippen LogP contribution in [0.4, 0.5) is 0 Å². The number of carboxylic acids is 1. The van der Waals surface area contributed by atoms with Gasteiger partial charge in [-0.15, -0.1) is 0 Å². The van der Waals surface area contributed by atoms with Crippen LogP contribution in [0.25, 0.3) is 10.9 Å². The Kier molecular flexibility index (Phi) is 8.05. The first-order valence-corrected chi connectivity index (χ1v) is 10.5. The van der Waals surface area contributed by atoms with Gasteiger partial charge in [-0.1, -0.05) is 41.9 Å². The second-order valence-corrected chi connectivity index (χ2v) is 7.68. The average Bonchev–Trinajstić information content (AvgIpc) is 3.23. The number of H-pyrrole nitrogens is 1. The number of hydrogen-bond donors (Lipinski definition) is 3. The molecule has 2 unspecified atom stereocenters. The van der Waals surface area contributed by atoms with Crippen LogP contribution in [0.15, 0.2) is 54.6 Å². The average molecular weight is 474 g/mol. The van der Waals surface area contributed by atoms with Crippen molar-refractivity contribution in [3.8, 4) is 0 Å². The summed E-state index contributed by atoms with van der Waals surface area (Å²) in [6.45, 7) is -0.0948. The highest BCUT2D eigenvalue weighted by Crippen LogP contribution is 2.23. The van der Waals surface area contributed by atoms with Gasteiger partial charge in [0.05, 0.1) is 19.6 Å². The van der Waals surface area contributed by atoms with Gasteiger partial charge in [-0.05, 0) is 36.2 Å². The summed E-state index contributed by atoms with van der Waals surface area (Å²) in [6.07, 6.45) is -1.42. The fraction of sp³-hybridized carbons (Fsp3) is 0.261. The van der Waals surface area contributed by atoms with Crippen molar-refractivity contribution in [1.29, 1.82) is 0 Å². The molecule has 0 aliphatic carbocycles. The summed E-state index contributed by atoms with van der Waals surface area (Å²) < 4.78 is 5.43. The van der Waals surface area contributed by atoms with Crippen LogP contribution in [-0.4, -0.2) is 59.9 Å². The number of rotatable bonds is 10. The van der Waals surface area contributed by atoms with Crippen LogP contribution >= 0.6 is 11.6 Å². The highest BCUT2D eigenvalue weighted by Gasteiger charge is 2.27. The summed E-state index contributed by atoms with van der Waals surface area (Å²) in [5.41, 5.74) is 1.59. The van der Waals surface area contributed by atoms with Crippen molar-refractivity contribution in [1.82, 2.24) is 15.4 Å². The number of benzene rings is 2. The minimum absolute atomic E-state index is 0.0948. The number of carbonyl (C=O) groups excluding carboxylic acids is 2. The molecule has 0 radical (unpaired) electrons. The van der Waals surface area contributed by atoms with Gasteiger partial charge in [-0.3, -0.25) is 14.4 Å². The van der Waals surface area contributed by atoms with E-state index in [0.29, 0.717) is 15.9 Å². The molecule has 0 fully saturated rings. The standard InChI is InChI=1S/C23H24ClN3O6/c1-27(32-2)22(29)17(14-6-4-3-5-7-14)10-11-33-21(23(30)31)26-20(28)19-13-15-12-16(24)8-9-18(15)25-19/h3-9,12-13,17,21,25H,10-11H2,1-2H3,(H,26,28)(H,30,31). The number of fused-ring (bicyclic) bond motifs is 1. The van der Waals surface area contributed by atoms with Crippen molar-refractivity contribution in [2.75, 3.05) is 20.8 Å². The SMILES string of the molecule is CON(C)C(=O)C(CCOC(NC(=O)c1cc2cc(Cl)ccc2[nH]1)C(=O)O)c1ccccc1. The minimum atomic E-state index is -1.60. The number of hydroxylamine groups is 2. The topological polar surface area (TPSA) is 121 Å². The van der Waals surface area contributed by atoms with E-state index in [2.05, 4.69) is 10.3 Å². The van der Waals surface area contributed by atoms with Crippen LogP contribution < -0.4 is 5.32 Å². The number of carboxylic acid groups (broad SMARTS) is 1. The summed E-state index contributed by atoms with van der Waals surface area (Å²) in [6, 6.07) is 15.7. The van der Waals surface area contributed by atoms with E-state index >= 15 is 0 Å². The second-order valence-electron chi connectivity index (χ2n) is 7.25. The lowest BCUT2D eigenvalue weighted by atomic mass is 9.95. The quantitative estimate of drug-likeness (QED) is 0.307. The predicted octanol–water partition coefficient (Wildman–Crippen LogP) is 3.17. The highest BCUT2D eigenvalue weighted by molar-refractivity contribution is 6.31. The van der Waals surface area contributed by atoms with Gasteiger partial charge in [0, 0.05) is 23.0 Å². The van der Waals surface area contributed by atoms with Crippen molar-refractivity contribution < 1.29 is 29.1 Å². The maximum Gasteiger partial charge on any atom is 0.354 e. The van der Waals surface area contributed by atoms with Crippen LogP contribution in [0.3, 0.4) is 0 Å². The number of aliphatic carboxylic acids is 1. The largest absolute Gasteiger partial charge is 0.478 e. The fourth-order valence-corrected chi connectivity index (χ4v) is 3.51. The molecule has 3 N–H and O–H groups in total. The van der Waals surface area contributed by atoms with Crippen molar-refractivity contribution in [3.05, 3.63) is 70.9 Å². The van der Waals surface area contributed by atoms with E-state index in [9.17, 15) is 19.5 Å². The molecular formula is C23H24ClN3O6. The van der Waals surface area contributed by atoms with Gasteiger partial charge < -0.3 is 20.1 Å². The van der Waals surface area contributed by atoms with Gasteiger partial charge in [0.25, 0.3) is 11.8 Å². The van der Waals surface area contributed by atoms with E-state index in [4.69, 9.17) is 21.2 Å². The molecule has 2 amide bonds. The molecule has 2 aromatic carbocycles. The first kappa shape index (κ1) is 24.2. The Balaban J connectivity index is 1.66. The second kappa shape index (κ2) is 11.0. The van der Waals surface area contributed by atoms with E-state index in [1.54, 1.807) is 48.5 Å². The normalized spacial score (nSPS) is 12.8. The Bertz CT molecular complexity index is 1130. The summed E-state index contributed by atoms with van der Waals surface area (Å²) in [4.78, 5) is 44.8. The van der Waals surface area contributed by atoms with Crippen LogP contribution in [-0.2, 0) is 19.2 Å². The molecule has 0 saturated heterocycles. The van der Waals surface area contributed by atoms with Crippen LogP contribution in [0.5, 0.6) is 0 Å². The summed E-state index contributed by atoms with van der Waals surface area (Å²) >= 11 is 5.96. The molecule has 2 atom stereocenters. The lowest BCUT2D eigenvalue weighted by molar-refractivity contribution is -0.171. The predicted molar refractivity (Wildman–Crippen MR) is 122 cm³/mol. The zero-order valence-corrected chi connectivity index (χ0v) is 18.8. The third-order valence-corrected chi connectivity index (χ3v) is 5.32. The Labute approximate surface area is 195 Å². The lowest BCUT2D eigenvalue weighted by Gasteiger charge is -2.23. The molecule has 9 nitrogen and oxygen atoms in total. The molecule has 1 aromatic heterocycles. The van der Waals surface area contributed by atoms with Gasteiger partial charge >= 0.3 is 5.97 Å². The van der Waals surface area contributed by atoms with Crippen molar-refractivity contribution in [2.24, 2.45) is 0 Å². The zero-order chi connectivity index (χ0) is 24.0. The van der Waals surface area contributed by atoms with Crippen molar-refractivity contribution >= 4 is 40.3 Å². The molecule has 1 heterocycles. The maximum atomic E-state index is 12.7. The zero-order valence-electron chi connectivity index (χ0n) is 18.1. The highest BCUT2D eigenvalue weighted by atomic mass is 35.5. The summed E-state index contributed by atoms with van der Waals surface area (Å²) in [5, 5.41) is 14.2. The van der Waals surface area contributed by atoms with Crippen LogP contribution in [0.2, 0.25) is 5.02 Å². The molecular weight excluding hydrogens is 450 g/mol. The van der Waals surface area contributed by atoms with Gasteiger partial charge in [-0.2, -0.15) is 0 Å². The minimum Gasteiger partial charge on any atom is -0.478 e. The van der Waals surface area contributed by atoms with E-state index in [1.807, 2.05) is 6.07 Å². The number of nitrogens with one attached hydrogen (secondary N) is 2. The number of hydrogen-bond acceptors (Lipinski definition) is 5. The van der Waals surface area contributed by atoms with E-state index in [1.165, 1.54) is 14.2 Å². The Morgan fingerprint density at radius 3 is 2.55 bits per heavy atom. The van der Waals surface area contributed by atoms with E-state index in [-0.39, 0.29) is 24.6 Å². The lowest BCUT2D eigenvalue weighted by Crippen LogP contribution is -2.43. The number of halogens is 1. The molecule has 3 rings (SSSR count). The van der Waals surface area contributed by atoms with E-state index < -0.39 is 24.0 Å². The number of carbonyl (C=O) groups is 3. The van der Waals surface area contributed by atoms with Gasteiger partial charge in [-0.25, -0.2) is 9.86 Å². The first-order valence-electron chi connectivity index (χ1n) is 10.1. The molecule has 3 aromatic rings. The van der Waals surface area contributed by atoms with Gasteiger partial charge in [0.15, 0.2) is 0 Å². The smallest absolute Gasteiger partial charge is 0.354 e. The molecule has 0 aliphatic heterocycles. The van der Waals surface area contributed by atoms with Gasteiger partial charge in [0.2, 0.25) is 6.23 Å². The number of likely N-dealkylation sites (N-methyl/N-ethyl adjacent to an activating group) is 1. The number of aromatic nitrogens is 1. The third kappa shape index (κ3) is 6.10. The molecule has 33 heavy (non-hydrogen) atoms. The first-order chi connectivity index (χ1) is 15.8. The van der Waals surface area contributed by atoms with Crippen molar-refractivity contribution in [2.45, 2.75) is 18.6 Å². The number of nitrogens with zero attached hydrogens (tertiary/aromatic N) is 1. The molecule has 0 aliphatic rings. The molecule has 0 bridgehead atoms. The number of ether oxygens (including phenoxy) is 1. The number of amides is 2. The Morgan fingerprint density at radius 1 is 1.15 bits per heavy atom. The Morgan fingerprint density at radius 2 is 1.88 bits per heavy atom. The number of aromatic amines is 1. The monoisotopic (exact) mass is 473 g/mol. The summed E-state index contributed by atoms with van der Waals surface area (Å²) in [5.74, 6) is -2.93. The van der Waals surface area contributed by atoms with Gasteiger partial charge in [0.1, 0.15) is 5.69 Å². The molecule has 10 heteroatoms. The molecule has 0 spiro atoms. The van der Waals surface area contributed by atoms with Crippen LogP contribution in [0, 0.1) is 0 Å². The van der Waals surface area contributed by atoms with E-state index in [0.717, 1.165) is 10.6 Å².